The monoisotopic (exact) mass is 290 g/mol. The van der Waals surface area contributed by atoms with Crippen LogP contribution in [0.25, 0.3) is 16.7 Å². The summed E-state index contributed by atoms with van der Waals surface area (Å²) in [6.45, 7) is 1.98. The third-order valence-electron chi connectivity index (χ3n) is 4.59. The smallest absolute Gasteiger partial charge is 0.157 e. The first-order chi connectivity index (χ1) is 10.8. The van der Waals surface area contributed by atoms with E-state index in [4.69, 9.17) is 0 Å². The van der Waals surface area contributed by atoms with Gasteiger partial charge in [-0.1, -0.05) is 25.0 Å². The Bertz CT molecular complexity index is 895. The molecule has 1 aliphatic carbocycles. The summed E-state index contributed by atoms with van der Waals surface area (Å²) in [7, 11) is 0. The summed E-state index contributed by atoms with van der Waals surface area (Å²) in [6.07, 6.45) is 5.02. The average molecular weight is 290 g/mol. The Morgan fingerprint density at radius 3 is 2.82 bits per heavy atom. The zero-order valence-corrected chi connectivity index (χ0v) is 12.6. The molecule has 4 rings (SSSR count). The van der Waals surface area contributed by atoms with Gasteiger partial charge in [0.25, 0.3) is 0 Å². The van der Waals surface area contributed by atoms with Crippen LogP contribution >= 0.6 is 0 Å². The summed E-state index contributed by atoms with van der Waals surface area (Å²) in [5.74, 6) is 1.05. The predicted molar refractivity (Wildman–Crippen MR) is 88.0 cm³/mol. The molecule has 0 aliphatic heterocycles. The third kappa shape index (κ3) is 1.93. The molecule has 0 spiro atoms. The van der Waals surface area contributed by atoms with Crippen LogP contribution in [0.1, 0.15) is 36.8 Å². The van der Waals surface area contributed by atoms with E-state index in [0.717, 1.165) is 28.1 Å². The molecule has 2 heterocycles. The van der Waals surface area contributed by atoms with Crippen molar-refractivity contribution < 1.29 is 0 Å². The van der Waals surface area contributed by atoms with Gasteiger partial charge in [-0.3, -0.25) is 4.40 Å². The van der Waals surface area contributed by atoms with Gasteiger partial charge in [0.05, 0.1) is 16.6 Å². The standard InChI is InChI=1S/C18H18N4/c1-12-10-17(20-13-6-2-3-7-13)22-16-9-5-4-8-15(16)21-18(22)14(12)11-19/h4-5,8-10,13,20H,2-3,6-7H2,1H3. The van der Waals surface area contributed by atoms with Gasteiger partial charge in [-0.25, -0.2) is 4.98 Å². The second-order valence-corrected chi connectivity index (χ2v) is 6.08. The molecule has 1 N–H and O–H groups in total. The minimum absolute atomic E-state index is 0.525. The number of nitrogens with one attached hydrogen (secondary N) is 1. The van der Waals surface area contributed by atoms with E-state index < -0.39 is 0 Å². The van der Waals surface area contributed by atoms with Crippen LogP contribution in [0.3, 0.4) is 0 Å². The molecule has 110 valence electrons. The summed E-state index contributed by atoms with van der Waals surface area (Å²) in [4.78, 5) is 4.68. The van der Waals surface area contributed by atoms with E-state index in [-0.39, 0.29) is 0 Å². The van der Waals surface area contributed by atoms with Gasteiger partial charge in [-0.2, -0.15) is 5.26 Å². The Morgan fingerprint density at radius 1 is 1.27 bits per heavy atom. The van der Waals surface area contributed by atoms with Crippen molar-refractivity contribution >= 4 is 22.5 Å². The number of hydrogen-bond acceptors (Lipinski definition) is 3. The highest BCUT2D eigenvalue weighted by atomic mass is 15.1. The fourth-order valence-electron chi connectivity index (χ4n) is 3.48. The van der Waals surface area contributed by atoms with Crippen LogP contribution in [-0.2, 0) is 0 Å². The molecule has 1 fully saturated rings. The molecular formula is C18H18N4. The number of aromatic nitrogens is 2. The number of imidazole rings is 1. The molecule has 4 heteroatoms. The van der Waals surface area contributed by atoms with E-state index in [1.54, 1.807) is 0 Å². The van der Waals surface area contributed by atoms with Crippen molar-refractivity contribution in [3.63, 3.8) is 0 Å². The van der Waals surface area contributed by atoms with E-state index in [1.165, 1.54) is 25.7 Å². The van der Waals surface area contributed by atoms with Crippen LogP contribution in [0.15, 0.2) is 30.3 Å². The molecule has 22 heavy (non-hydrogen) atoms. The quantitative estimate of drug-likeness (QED) is 0.775. The first-order valence-electron chi connectivity index (χ1n) is 7.85. The summed E-state index contributed by atoms with van der Waals surface area (Å²) >= 11 is 0. The molecule has 0 unspecified atom stereocenters. The topological polar surface area (TPSA) is 53.1 Å². The lowest BCUT2D eigenvalue weighted by molar-refractivity contribution is 0.748. The van der Waals surface area contributed by atoms with Crippen LogP contribution < -0.4 is 5.32 Å². The van der Waals surface area contributed by atoms with Crippen molar-refractivity contribution in [2.24, 2.45) is 0 Å². The molecule has 2 aromatic heterocycles. The minimum Gasteiger partial charge on any atom is -0.368 e. The highest BCUT2D eigenvalue weighted by Crippen LogP contribution is 2.29. The fourth-order valence-corrected chi connectivity index (χ4v) is 3.48. The van der Waals surface area contributed by atoms with E-state index in [2.05, 4.69) is 32.9 Å². The highest BCUT2D eigenvalue weighted by Gasteiger charge is 2.19. The number of nitriles is 1. The van der Waals surface area contributed by atoms with Gasteiger partial charge in [0.2, 0.25) is 0 Å². The van der Waals surface area contributed by atoms with E-state index in [0.29, 0.717) is 11.6 Å². The van der Waals surface area contributed by atoms with Gasteiger partial charge in [-0.05, 0) is 43.5 Å². The van der Waals surface area contributed by atoms with Gasteiger partial charge in [0.1, 0.15) is 11.9 Å². The maximum absolute atomic E-state index is 9.49. The van der Waals surface area contributed by atoms with Crippen LogP contribution in [0.5, 0.6) is 0 Å². The van der Waals surface area contributed by atoms with Gasteiger partial charge in [-0.15, -0.1) is 0 Å². The molecule has 0 amide bonds. The number of rotatable bonds is 2. The number of fused-ring (bicyclic) bond motifs is 3. The summed E-state index contributed by atoms with van der Waals surface area (Å²) in [6, 6.07) is 13.0. The van der Waals surface area contributed by atoms with Crippen LogP contribution in [0.4, 0.5) is 5.82 Å². The Balaban J connectivity index is 2.00. The molecule has 1 saturated carbocycles. The van der Waals surface area contributed by atoms with Crippen LogP contribution in [0.2, 0.25) is 0 Å². The number of hydrogen-bond donors (Lipinski definition) is 1. The maximum atomic E-state index is 9.49. The molecule has 4 nitrogen and oxygen atoms in total. The lowest BCUT2D eigenvalue weighted by Gasteiger charge is -2.17. The number of benzene rings is 1. The first-order valence-corrected chi connectivity index (χ1v) is 7.85. The maximum Gasteiger partial charge on any atom is 0.157 e. The Hall–Kier alpha value is -2.54. The fraction of sp³-hybridized carbons (Fsp3) is 0.333. The number of pyridine rings is 1. The molecule has 0 atom stereocenters. The summed E-state index contributed by atoms with van der Waals surface area (Å²) < 4.78 is 2.10. The molecule has 0 radical (unpaired) electrons. The van der Waals surface area contributed by atoms with Crippen molar-refractivity contribution in [1.29, 1.82) is 5.26 Å². The molecule has 1 aromatic carbocycles. The van der Waals surface area contributed by atoms with Crippen molar-refractivity contribution in [3.05, 3.63) is 41.5 Å². The predicted octanol–water partition coefficient (Wildman–Crippen LogP) is 4.02. The average Bonchev–Trinajstić information content (AvgIpc) is 3.14. The van der Waals surface area contributed by atoms with Gasteiger partial charge >= 0.3 is 0 Å². The summed E-state index contributed by atoms with van der Waals surface area (Å²) in [5, 5.41) is 13.2. The van der Waals surface area contributed by atoms with Crippen molar-refractivity contribution in [2.45, 2.75) is 38.6 Å². The largest absolute Gasteiger partial charge is 0.368 e. The third-order valence-corrected chi connectivity index (χ3v) is 4.59. The van der Waals surface area contributed by atoms with E-state index >= 15 is 0 Å². The number of aryl methyl sites for hydroxylation is 1. The molecular weight excluding hydrogens is 272 g/mol. The minimum atomic E-state index is 0.525. The highest BCUT2D eigenvalue weighted by molar-refractivity contribution is 5.85. The second-order valence-electron chi connectivity index (χ2n) is 6.08. The Morgan fingerprint density at radius 2 is 2.05 bits per heavy atom. The van der Waals surface area contributed by atoms with Gasteiger partial charge in [0.15, 0.2) is 5.65 Å². The first kappa shape index (κ1) is 13.1. The molecule has 0 bridgehead atoms. The lowest BCUT2D eigenvalue weighted by Crippen LogP contribution is -2.17. The number of para-hydroxylation sites is 2. The molecule has 3 aromatic rings. The van der Waals surface area contributed by atoms with Crippen LogP contribution in [-0.4, -0.2) is 15.4 Å². The number of nitrogens with zero attached hydrogens (tertiary/aromatic N) is 3. The van der Waals surface area contributed by atoms with Crippen LogP contribution in [0, 0.1) is 18.3 Å². The molecule has 1 aliphatic rings. The Labute approximate surface area is 129 Å². The summed E-state index contributed by atoms with van der Waals surface area (Å²) in [5.41, 5.74) is 4.37. The van der Waals surface area contributed by atoms with Crippen molar-refractivity contribution in [3.8, 4) is 6.07 Å². The zero-order valence-electron chi connectivity index (χ0n) is 12.6. The lowest BCUT2D eigenvalue weighted by atomic mass is 10.1. The van der Waals surface area contributed by atoms with Crippen molar-refractivity contribution in [2.75, 3.05) is 5.32 Å². The van der Waals surface area contributed by atoms with E-state index in [9.17, 15) is 5.26 Å². The van der Waals surface area contributed by atoms with Gasteiger partial charge < -0.3 is 5.32 Å². The van der Waals surface area contributed by atoms with Crippen molar-refractivity contribution in [1.82, 2.24) is 9.38 Å². The van der Waals surface area contributed by atoms with Gasteiger partial charge in [0, 0.05) is 6.04 Å². The Kier molecular flexibility index (Phi) is 3.00. The second kappa shape index (κ2) is 5.03. The number of anilines is 1. The SMILES string of the molecule is Cc1cc(NC2CCCC2)n2c(nc3ccccc32)c1C#N. The van der Waals surface area contributed by atoms with E-state index in [1.807, 2.05) is 25.1 Å². The normalized spacial score (nSPS) is 15.5. The zero-order chi connectivity index (χ0) is 15.1. The molecule has 0 saturated heterocycles.